The molecule has 0 unspecified atom stereocenters. The summed E-state index contributed by atoms with van der Waals surface area (Å²) in [5, 5.41) is 5.22. The first-order chi connectivity index (χ1) is 25.6. The number of aromatic amines is 1. The number of H-pyrrole nitrogens is 1. The Balaban J connectivity index is 1.02. The average Bonchev–Trinajstić information content (AvgIpc) is 3.74. The van der Waals surface area contributed by atoms with Crippen LogP contribution in [0.1, 0.15) is 47.2 Å². The number of thiophene rings is 1. The van der Waals surface area contributed by atoms with Crippen LogP contribution in [0.5, 0.6) is 0 Å². The normalized spacial score (nSPS) is 13.1. The Labute approximate surface area is 305 Å². The maximum Gasteiger partial charge on any atom is 0.265 e. The minimum absolute atomic E-state index is 0.165. The Morgan fingerprint density at radius 1 is 0.887 bits per heavy atom. The van der Waals surface area contributed by atoms with Crippen LogP contribution in [0.2, 0.25) is 0 Å². The van der Waals surface area contributed by atoms with E-state index in [0.717, 1.165) is 45.9 Å². The monoisotopic (exact) mass is 730 g/mol. The van der Waals surface area contributed by atoms with Crippen molar-refractivity contribution in [3.05, 3.63) is 148 Å². The van der Waals surface area contributed by atoms with E-state index in [9.17, 15) is 27.6 Å². The summed E-state index contributed by atoms with van der Waals surface area (Å²) in [7, 11) is 1.97. The van der Waals surface area contributed by atoms with Crippen LogP contribution < -0.4 is 15.5 Å². The molecule has 0 atom stereocenters. The fraction of sp³-hybridized carbons (Fsp3) is 0.100. The van der Waals surface area contributed by atoms with E-state index < -0.39 is 29.0 Å². The number of halogens is 3. The van der Waals surface area contributed by atoms with Crippen molar-refractivity contribution in [2.24, 2.45) is 0 Å². The van der Waals surface area contributed by atoms with Crippen molar-refractivity contribution in [1.82, 2.24) is 14.9 Å². The SMILES string of the molecule is CN1C=Cc2[nH]cc(-c3ncccc3C(=O)Nc3ccc(C(=O)N4CCc5cc(C(=O)Nc6c(F)cccc6F)sc5-c5ccc(F)cc54)cc3)c2C1. The van der Waals surface area contributed by atoms with Crippen molar-refractivity contribution < 1.29 is 27.6 Å². The molecular weight excluding hydrogens is 702 g/mol. The number of hydrogen-bond acceptors (Lipinski definition) is 6. The van der Waals surface area contributed by atoms with Crippen molar-refractivity contribution in [2.45, 2.75) is 13.0 Å². The highest BCUT2D eigenvalue weighted by atomic mass is 32.1. The third-order valence-corrected chi connectivity index (χ3v) is 10.4. The van der Waals surface area contributed by atoms with Crippen LogP contribution in [-0.2, 0) is 13.0 Å². The molecule has 0 bridgehead atoms. The van der Waals surface area contributed by atoms with Crippen LogP contribution in [0.15, 0.2) is 97.5 Å². The van der Waals surface area contributed by atoms with Gasteiger partial charge in [-0.2, -0.15) is 0 Å². The largest absolute Gasteiger partial charge is 0.376 e. The number of anilines is 3. The number of rotatable bonds is 6. The maximum atomic E-state index is 14.7. The summed E-state index contributed by atoms with van der Waals surface area (Å²) in [6, 6.07) is 18.9. The number of pyridine rings is 1. The molecule has 5 heterocycles. The lowest BCUT2D eigenvalue weighted by atomic mass is 10.0. The number of nitrogens with zero attached hydrogens (tertiary/aromatic N) is 3. The molecule has 3 N–H and O–H groups in total. The van der Waals surface area contributed by atoms with Crippen molar-refractivity contribution in [3.8, 4) is 21.7 Å². The zero-order valence-corrected chi connectivity index (χ0v) is 28.9. The molecule has 0 spiro atoms. The van der Waals surface area contributed by atoms with Crippen molar-refractivity contribution >= 4 is 52.2 Å². The molecule has 13 heteroatoms. The van der Waals surface area contributed by atoms with Crippen molar-refractivity contribution in [3.63, 3.8) is 0 Å². The maximum absolute atomic E-state index is 14.7. The summed E-state index contributed by atoms with van der Waals surface area (Å²) in [5.74, 6) is -3.79. The fourth-order valence-corrected chi connectivity index (χ4v) is 7.73. The molecule has 3 aromatic carbocycles. The predicted octanol–water partition coefficient (Wildman–Crippen LogP) is 8.35. The summed E-state index contributed by atoms with van der Waals surface area (Å²) in [6.45, 7) is 0.830. The number of fused-ring (bicyclic) bond motifs is 4. The van der Waals surface area contributed by atoms with Crippen LogP contribution in [0.25, 0.3) is 27.8 Å². The summed E-state index contributed by atoms with van der Waals surface area (Å²) < 4.78 is 43.1. The highest BCUT2D eigenvalue weighted by Gasteiger charge is 2.29. The molecular formula is C40H29F3N6O3S. The topological polar surface area (TPSA) is 110 Å². The van der Waals surface area contributed by atoms with Gasteiger partial charge < -0.3 is 25.4 Å². The van der Waals surface area contributed by atoms with E-state index in [1.54, 1.807) is 54.7 Å². The molecule has 0 fully saturated rings. The van der Waals surface area contributed by atoms with Gasteiger partial charge in [-0.15, -0.1) is 11.3 Å². The van der Waals surface area contributed by atoms with Gasteiger partial charge in [0.2, 0.25) is 0 Å². The molecule has 0 saturated carbocycles. The molecule has 2 aliphatic rings. The van der Waals surface area contributed by atoms with E-state index in [-0.39, 0.29) is 23.2 Å². The van der Waals surface area contributed by atoms with Gasteiger partial charge in [0.15, 0.2) is 0 Å². The van der Waals surface area contributed by atoms with Gasteiger partial charge in [-0.1, -0.05) is 6.07 Å². The highest BCUT2D eigenvalue weighted by Crippen LogP contribution is 2.42. The van der Waals surface area contributed by atoms with Gasteiger partial charge in [-0.25, -0.2) is 13.2 Å². The van der Waals surface area contributed by atoms with Crippen molar-refractivity contribution in [1.29, 1.82) is 0 Å². The van der Waals surface area contributed by atoms with Gasteiger partial charge in [0, 0.05) is 77.2 Å². The van der Waals surface area contributed by atoms with E-state index in [4.69, 9.17) is 0 Å². The van der Waals surface area contributed by atoms with Crippen LogP contribution in [-0.4, -0.2) is 46.2 Å². The summed E-state index contributed by atoms with van der Waals surface area (Å²) in [5.41, 5.74) is 5.59. The Morgan fingerprint density at radius 2 is 1.68 bits per heavy atom. The second-order valence-corrected chi connectivity index (χ2v) is 13.7. The number of carbonyl (C=O) groups is 3. The van der Waals surface area contributed by atoms with Gasteiger partial charge in [0.1, 0.15) is 23.1 Å². The van der Waals surface area contributed by atoms with Gasteiger partial charge in [0.25, 0.3) is 17.7 Å². The van der Waals surface area contributed by atoms with Gasteiger partial charge >= 0.3 is 0 Å². The minimum atomic E-state index is -0.901. The van der Waals surface area contributed by atoms with Gasteiger partial charge in [-0.05, 0) is 90.9 Å². The number of para-hydroxylation sites is 1. The molecule has 0 saturated heterocycles. The molecule has 0 radical (unpaired) electrons. The van der Waals surface area contributed by atoms with Crippen molar-refractivity contribution in [2.75, 3.05) is 29.1 Å². The lowest BCUT2D eigenvalue weighted by molar-refractivity contribution is 0.0985. The highest BCUT2D eigenvalue weighted by molar-refractivity contribution is 7.17. The smallest absolute Gasteiger partial charge is 0.265 e. The van der Waals surface area contributed by atoms with E-state index >= 15 is 0 Å². The third kappa shape index (κ3) is 6.35. The molecule has 3 aromatic heterocycles. The standard InChI is InChI=1S/C40H29F3N6O3S/c1-48-16-14-32-29(21-48)28(20-45-32)35-27(4-3-15-44-35)38(50)46-25-10-7-22(8-11-25)40(52)49-17-13-23-18-34(39(51)47-36-30(42)5-2-6-31(36)43)53-37(23)26-12-9-24(41)19-33(26)49/h2-12,14-16,18-20,45H,13,17,21H2,1H3,(H,46,50)(H,47,51). The predicted molar refractivity (Wildman–Crippen MR) is 198 cm³/mol. The molecule has 53 heavy (non-hydrogen) atoms. The van der Waals surface area contributed by atoms with E-state index in [2.05, 4.69) is 20.6 Å². The molecule has 0 aliphatic carbocycles. The van der Waals surface area contributed by atoms with E-state index in [1.807, 2.05) is 30.4 Å². The molecule has 2 aliphatic heterocycles. The molecule has 6 aromatic rings. The second-order valence-electron chi connectivity index (χ2n) is 12.6. The van der Waals surface area contributed by atoms with Crippen LogP contribution >= 0.6 is 11.3 Å². The first-order valence-corrected chi connectivity index (χ1v) is 17.4. The molecule has 9 nitrogen and oxygen atoms in total. The van der Waals surface area contributed by atoms with Crippen LogP contribution in [0.4, 0.5) is 30.2 Å². The lowest BCUT2D eigenvalue weighted by Gasteiger charge is -2.23. The Kier molecular flexibility index (Phi) is 8.63. The minimum Gasteiger partial charge on any atom is -0.376 e. The zero-order chi connectivity index (χ0) is 36.8. The second kappa shape index (κ2) is 13.6. The Hall–Kier alpha value is -6.47. The number of amides is 3. The van der Waals surface area contributed by atoms with E-state index in [1.165, 1.54) is 23.1 Å². The summed E-state index contributed by atoms with van der Waals surface area (Å²) in [4.78, 5) is 52.8. The Morgan fingerprint density at radius 3 is 2.47 bits per heavy atom. The number of benzene rings is 3. The first kappa shape index (κ1) is 33.7. The first-order valence-electron chi connectivity index (χ1n) is 16.6. The van der Waals surface area contributed by atoms with Gasteiger partial charge in [0.05, 0.1) is 21.8 Å². The zero-order valence-electron chi connectivity index (χ0n) is 28.0. The molecule has 8 rings (SSSR count). The number of aromatic nitrogens is 2. The fourth-order valence-electron chi connectivity index (χ4n) is 6.59. The number of hydrogen-bond donors (Lipinski definition) is 3. The number of carbonyl (C=O) groups excluding carboxylic acids is 3. The molecule has 3 amide bonds. The lowest BCUT2D eigenvalue weighted by Crippen LogP contribution is -2.32. The van der Waals surface area contributed by atoms with E-state index in [0.29, 0.717) is 51.6 Å². The average molecular weight is 731 g/mol. The quantitative estimate of drug-likeness (QED) is 0.160. The number of nitrogens with one attached hydrogen (secondary N) is 3. The third-order valence-electron chi connectivity index (χ3n) is 9.20. The van der Waals surface area contributed by atoms with Crippen LogP contribution in [0.3, 0.4) is 0 Å². The summed E-state index contributed by atoms with van der Waals surface area (Å²) >= 11 is 1.09. The summed E-state index contributed by atoms with van der Waals surface area (Å²) in [6.07, 6.45) is 7.78. The molecule has 264 valence electrons. The van der Waals surface area contributed by atoms with Crippen LogP contribution in [0, 0.1) is 17.5 Å². The van der Waals surface area contributed by atoms with Gasteiger partial charge in [-0.3, -0.25) is 19.4 Å². The Bertz CT molecular complexity index is 2450.